The number of benzene rings is 1. The average molecular weight is 352 g/mol. The number of amides is 2. The molecular formula is C16H18ClN3O2S. The van der Waals surface area contributed by atoms with E-state index in [4.69, 9.17) is 11.6 Å². The van der Waals surface area contributed by atoms with Gasteiger partial charge in [0.1, 0.15) is 5.69 Å². The third-order valence-corrected chi connectivity index (χ3v) is 4.26. The summed E-state index contributed by atoms with van der Waals surface area (Å²) in [7, 11) is 0. The first kappa shape index (κ1) is 17.4. The summed E-state index contributed by atoms with van der Waals surface area (Å²) in [5.41, 5.74) is 1.18. The number of hydrogen-bond donors (Lipinski definition) is 2. The first-order valence-electron chi connectivity index (χ1n) is 7.28. The fourth-order valence-corrected chi connectivity index (χ4v) is 2.62. The molecule has 1 unspecified atom stereocenters. The quantitative estimate of drug-likeness (QED) is 0.836. The lowest BCUT2D eigenvalue weighted by atomic mass is 10.1. The van der Waals surface area contributed by atoms with Gasteiger partial charge in [0.15, 0.2) is 5.13 Å². The van der Waals surface area contributed by atoms with Crippen molar-refractivity contribution >= 4 is 39.9 Å². The summed E-state index contributed by atoms with van der Waals surface area (Å²) in [5.74, 6) is -0.413. The Morgan fingerprint density at radius 3 is 2.65 bits per heavy atom. The Labute approximate surface area is 144 Å². The monoisotopic (exact) mass is 351 g/mol. The third kappa shape index (κ3) is 5.33. The van der Waals surface area contributed by atoms with Gasteiger partial charge in [-0.1, -0.05) is 30.7 Å². The molecule has 0 aliphatic heterocycles. The van der Waals surface area contributed by atoms with Gasteiger partial charge in [0, 0.05) is 16.4 Å². The Kier molecular flexibility index (Phi) is 6.12. The van der Waals surface area contributed by atoms with E-state index in [9.17, 15) is 9.59 Å². The summed E-state index contributed by atoms with van der Waals surface area (Å²) in [6.07, 6.45) is 1.08. The molecule has 1 heterocycles. The number of anilines is 1. The van der Waals surface area contributed by atoms with Crippen molar-refractivity contribution in [2.75, 3.05) is 5.32 Å². The zero-order valence-corrected chi connectivity index (χ0v) is 14.5. The van der Waals surface area contributed by atoms with Gasteiger partial charge in [-0.15, -0.1) is 11.3 Å². The summed E-state index contributed by atoms with van der Waals surface area (Å²) in [4.78, 5) is 28.1. The van der Waals surface area contributed by atoms with Crippen LogP contribution in [0.1, 0.15) is 36.3 Å². The van der Waals surface area contributed by atoms with Crippen LogP contribution in [0.3, 0.4) is 0 Å². The van der Waals surface area contributed by atoms with Crippen LogP contribution in [-0.2, 0) is 11.2 Å². The maximum atomic E-state index is 12.0. The minimum Gasteiger partial charge on any atom is -0.348 e. The zero-order chi connectivity index (χ0) is 16.8. The number of carbonyl (C=O) groups is 2. The molecule has 7 heteroatoms. The van der Waals surface area contributed by atoms with Crippen molar-refractivity contribution in [2.24, 2.45) is 0 Å². The fourth-order valence-electron chi connectivity index (χ4n) is 1.79. The second-order valence-electron chi connectivity index (χ2n) is 5.17. The van der Waals surface area contributed by atoms with Gasteiger partial charge in [0.2, 0.25) is 5.91 Å². The summed E-state index contributed by atoms with van der Waals surface area (Å²) in [6, 6.07) is 7.17. The smallest absolute Gasteiger partial charge is 0.271 e. The minimum atomic E-state index is -0.228. The molecule has 5 nitrogen and oxygen atoms in total. The number of aromatic nitrogens is 1. The Morgan fingerprint density at radius 1 is 1.30 bits per heavy atom. The lowest BCUT2D eigenvalue weighted by Crippen LogP contribution is -2.32. The first-order chi connectivity index (χ1) is 11.0. The van der Waals surface area contributed by atoms with E-state index < -0.39 is 0 Å². The van der Waals surface area contributed by atoms with Gasteiger partial charge < -0.3 is 10.6 Å². The molecule has 0 spiro atoms. The van der Waals surface area contributed by atoms with E-state index in [1.807, 2.05) is 13.8 Å². The van der Waals surface area contributed by atoms with E-state index in [0.717, 1.165) is 12.0 Å². The Hall–Kier alpha value is -1.92. The maximum Gasteiger partial charge on any atom is 0.271 e. The topological polar surface area (TPSA) is 71.1 Å². The Bertz CT molecular complexity index is 685. The molecule has 122 valence electrons. The largest absolute Gasteiger partial charge is 0.348 e. The Balaban J connectivity index is 1.92. The van der Waals surface area contributed by atoms with Crippen LogP contribution in [0.5, 0.6) is 0 Å². The molecule has 1 aromatic carbocycles. The maximum absolute atomic E-state index is 12.0. The van der Waals surface area contributed by atoms with Crippen LogP contribution < -0.4 is 10.6 Å². The summed E-state index contributed by atoms with van der Waals surface area (Å²) in [5, 5.41) is 8.22. The van der Waals surface area contributed by atoms with Crippen molar-refractivity contribution < 1.29 is 9.59 Å². The number of carbonyl (C=O) groups excluding carboxylic acids is 2. The molecule has 0 aliphatic carbocycles. The summed E-state index contributed by atoms with van der Waals surface area (Å²) >= 11 is 7.04. The normalized spacial score (nSPS) is 11.8. The first-order valence-corrected chi connectivity index (χ1v) is 8.54. The molecule has 0 bridgehead atoms. The van der Waals surface area contributed by atoms with Gasteiger partial charge in [0.25, 0.3) is 5.91 Å². The number of nitrogens with one attached hydrogen (secondary N) is 2. The highest BCUT2D eigenvalue weighted by Gasteiger charge is 2.14. The highest BCUT2D eigenvalue weighted by Crippen LogP contribution is 2.16. The molecular weight excluding hydrogens is 334 g/mol. The molecule has 0 saturated carbocycles. The summed E-state index contributed by atoms with van der Waals surface area (Å²) in [6.45, 7) is 3.92. The van der Waals surface area contributed by atoms with Crippen LogP contribution in [0.15, 0.2) is 29.6 Å². The number of thiazole rings is 1. The van der Waals surface area contributed by atoms with Gasteiger partial charge in [-0.05, 0) is 31.0 Å². The standard InChI is InChI=1S/C16H18ClN3O2S/c1-3-10(2)18-15(22)13-9-23-16(19-13)20-14(21)8-11-4-6-12(17)7-5-11/h4-7,9-10H,3,8H2,1-2H3,(H,18,22)(H,19,20,21). The van der Waals surface area contributed by atoms with Gasteiger partial charge in [-0.3, -0.25) is 9.59 Å². The van der Waals surface area contributed by atoms with Gasteiger partial charge in [0.05, 0.1) is 6.42 Å². The van der Waals surface area contributed by atoms with Crippen LogP contribution in [0.4, 0.5) is 5.13 Å². The van der Waals surface area contributed by atoms with E-state index >= 15 is 0 Å². The molecule has 2 aromatic rings. The lowest BCUT2D eigenvalue weighted by Gasteiger charge is -2.09. The second kappa shape index (κ2) is 8.08. The number of halogens is 1. The van der Waals surface area contributed by atoms with E-state index in [2.05, 4.69) is 15.6 Å². The molecule has 2 N–H and O–H groups in total. The van der Waals surface area contributed by atoms with Crippen molar-refractivity contribution in [2.45, 2.75) is 32.7 Å². The molecule has 0 radical (unpaired) electrons. The van der Waals surface area contributed by atoms with Crippen molar-refractivity contribution in [1.82, 2.24) is 10.3 Å². The Morgan fingerprint density at radius 2 is 2.00 bits per heavy atom. The van der Waals surface area contributed by atoms with Gasteiger partial charge >= 0.3 is 0 Å². The molecule has 0 fully saturated rings. The predicted molar refractivity (Wildman–Crippen MR) is 93.1 cm³/mol. The zero-order valence-electron chi connectivity index (χ0n) is 12.9. The third-order valence-electron chi connectivity index (χ3n) is 3.25. The molecule has 0 saturated heterocycles. The molecule has 2 amide bonds. The van der Waals surface area contributed by atoms with E-state index in [-0.39, 0.29) is 24.3 Å². The van der Waals surface area contributed by atoms with Crippen LogP contribution in [0, 0.1) is 0 Å². The van der Waals surface area contributed by atoms with Crippen LogP contribution in [-0.4, -0.2) is 22.8 Å². The second-order valence-corrected chi connectivity index (χ2v) is 6.47. The number of rotatable bonds is 6. The summed E-state index contributed by atoms with van der Waals surface area (Å²) < 4.78 is 0. The van der Waals surface area contributed by atoms with Crippen molar-refractivity contribution in [3.05, 3.63) is 45.9 Å². The van der Waals surface area contributed by atoms with Crippen LogP contribution >= 0.6 is 22.9 Å². The molecule has 0 aliphatic rings. The molecule has 23 heavy (non-hydrogen) atoms. The van der Waals surface area contributed by atoms with E-state index in [1.54, 1.807) is 29.6 Å². The highest BCUT2D eigenvalue weighted by atomic mass is 35.5. The van der Waals surface area contributed by atoms with Crippen molar-refractivity contribution in [1.29, 1.82) is 0 Å². The van der Waals surface area contributed by atoms with Gasteiger partial charge in [-0.2, -0.15) is 0 Å². The number of nitrogens with zero attached hydrogens (tertiary/aromatic N) is 1. The number of hydrogen-bond acceptors (Lipinski definition) is 4. The van der Waals surface area contributed by atoms with Crippen molar-refractivity contribution in [3.63, 3.8) is 0 Å². The molecule has 1 aromatic heterocycles. The van der Waals surface area contributed by atoms with Crippen molar-refractivity contribution in [3.8, 4) is 0 Å². The molecule has 1 atom stereocenters. The van der Waals surface area contributed by atoms with E-state index in [0.29, 0.717) is 15.8 Å². The SMILES string of the molecule is CCC(C)NC(=O)c1csc(NC(=O)Cc2ccc(Cl)cc2)n1. The van der Waals surface area contributed by atoms with Crippen LogP contribution in [0.2, 0.25) is 5.02 Å². The predicted octanol–water partition coefficient (Wildman–Crippen LogP) is 3.51. The lowest BCUT2D eigenvalue weighted by molar-refractivity contribution is -0.115. The fraction of sp³-hybridized carbons (Fsp3) is 0.312. The van der Waals surface area contributed by atoms with Gasteiger partial charge in [-0.25, -0.2) is 4.98 Å². The average Bonchev–Trinajstić information content (AvgIpc) is 2.98. The highest BCUT2D eigenvalue weighted by molar-refractivity contribution is 7.14. The molecule has 2 rings (SSSR count). The minimum absolute atomic E-state index is 0.0899. The van der Waals surface area contributed by atoms with Crippen LogP contribution in [0.25, 0.3) is 0 Å². The van der Waals surface area contributed by atoms with E-state index in [1.165, 1.54) is 11.3 Å².